The number of hydrogen-bond donors (Lipinski definition) is 1. The van der Waals surface area contributed by atoms with Crippen LogP contribution in [0.5, 0.6) is 0 Å². The first-order valence-electron chi connectivity index (χ1n) is 6.11. The third-order valence-electron chi connectivity index (χ3n) is 2.97. The fourth-order valence-electron chi connectivity index (χ4n) is 2.12. The molecule has 1 unspecified atom stereocenters. The van der Waals surface area contributed by atoms with E-state index in [0.29, 0.717) is 0 Å². The molecule has 0 aliphatic carbocycles. The van der Waals surface area contributed by atoms with Crippen LogP contribution in [0.2, 0.25) is 0 Å². The summed E-state index contributed by atoms with van der Waals surface area (Å²) in [6.07, 6.45) is 3.60. The number of aromatic nitrogens is 1. The van der Waals surface area contributed by atoms with Crippen LogP contribution < -0.4 is 5.32 Å². The standard InChI is InChI=1S/C15H17FN2/c1-3-18-15(12-5-4-8-17-10-12)14-7-6-13(16)9-11(14)2/h4-10,15,18H,3H2,1-2H3. The molecule has 0 aliphatic rings. The van der Waals surface area contributed by atoms with E-state index in [9.17, 15) is 4.39 Å². The van der Waals surface area contributed by atoms with Crippen molar-refractivity contribution in [1.82, 2.24) is 10.3 Å². The van der Waals surface area contributed by atoms with Gasteiger partial charge in [0.2, 0.25) is 0 Å². The molecule has 1 N–H and O–H groups in total. The van der Waals surface area contributed by atoms with Crippen molar-refractivity contribution in [3.05, 3.63) is 65.2 Å². The average molecular weight is 244 g/mol. The van der Waals surface area contributed by atoms with Crippen molar-refractivity contribution in [3.8, 4) is 0 Å². The molecule has 2 rings (SSSR count). The van der Waals surface area contributed by atoms with Crippen LogP contribution in [0.3, 0.4) is 0 Å². The van der Waals surface area contributed by atoms with Gasteiger partial charge in [0.05, 0.1) is 6.04 Å². The van der Waals surface area contributed by atoms with Crippen LogP contribution in [0.25, 0.3) is 0 Å². The second kappa shape index (κ2) is 5.74. The number of benzene rings is 1. The van der Waals surface area contributed by atoms with Gasteiger partial charge in [-0.3, -0.25) is 4.98 Å². The molecule has 0 radical (unpaired) electrons. The van der Waals surface area contributed by atoms with Crippen molar-refractivity contribution in [2.45, 2.75) is 19.9 Å². The Labute approximate surface area is 107 Å². The normalized spacial score (nSPS) is 12.4. The lowest BCUT2D eigenvalue weighted by atomic mass is 9.96. The minimum absolute atomic E-state index is 0.0595. The summed E-state index contributed by atoms with van der Waals surface area (Å²) in [7, 11) is 0. The van der Waals surface area contributed by atoms with E-state index in [1.54, 1.807) is 12.3 Å². The zero-order valence-corrected chi connectivity index (χ0v) is 10.7. The summed E-state index contributed by atoms with van der Waals surface area (Å²) in [5.74, 6) is -0.197. The van der Waals surface area contributed by atoms with Crippen LogP contribution in [0, 0.1) is 12.7 Å². The topological polar surface area (TPSA) is 24.9 Å². The first-order chi connectivity index (χ1) is 8.72. The van der Waals surface area contributed by atoms with Gasteiger partial charge in [0.25, 0.3) is 0 Å². The van der Waals surface area contributed by atoms with Gasteiger partial charge in [0, 0.05) is 12.4 Å². The molecule has 0 amide bonds. The lowest BCUT2D eigenvalue weighted by Gasteiger charge is -2.20. The van der Waals surface area contributed by atoms with E-state index in [4.69, 9.17) is 0 Å². The first kappa shape index (κ1) is 12.7. The highest BCUT2D eigenvalue weighted by molar-refractivity contribution is 5.36. The second-order valence-corrected chi connectivity index (χ2v) is 4.28. The van der Waals surface area contributed by atoms with E-state index in [0.717, 1.165) is 23.2 Å². The third kappa shape index (κ3) is 2.74. The number of rotatable bonds is 4. The Morgan fingerprint density at radius 1 is 1.33 bits per heavy atom. The summed E-state index contributed by atoms with van der Waals surface area (Å²) >= 11 is 0. The van der Waals surface area contributed by atoms with Crippen LogP contribution >= 0.6 is 0 Å². The van der Waals surface area contributed by atoms with E-state index in [1.807, 2.05) is 31.3 Å². The lowest BCUT2D eigenvalue weighted by molar-refractivity contribution is 0.609. The Bertz CT molecular complexity index is 511. The van der Waals surface area contributed by atoms with E-state index < -0.39 is 0 Å². The number of pyridine rings is 1. The molecule has 1 heterocycles. The number of nitrogens with zero attached hydrogens (tertiary/aromatic N) is 1. The predicted octanol–water partition coefficient (Wildman–Crippen LogP) is 3.23. The summed E-state index contributed by atoms with van der Waals surface area (Å²) in [6.45, 7) is 4.83. The summed E-state index contributed by atoms with van der Waals surface area (Å²) in [6, 6.07) is 8.91. The van der Waals surface area contributed by atoms with Gasteiger partial charge in [0.15, 0.2) is 0 Å². The van der Waals surface area contributed by atoms with E-state index in [2.05, 4.69) is 17.2 Å². The highest BCUT2D eigenvalue weighted by atomic mass is 19.1. The van der Waals surface area contributed by atoms with Gasteiger partial charge in [-0.2, -0.15) is 0 Å². The molecule has 1 atom stereocenters. The smallest absolute Gasteiger partial charge is 0.123 e. The van der Waals surface area contributed by atoms with Gasteiger partial charge in [-0.1, -0.05) is 19.1 Å². The van der Waals surface area contributed by atoms with Gasteiger partial charge < -0.3 is 5.32 Å². The average Bonchev–Trinajstić information content (AvgIpc) is 2.38. The van der Waals surface area contributed by atoms with Gasteiger partial charge in [-0.25, -0.2) is 4.39 Å². The zero-order valence-electron chi connectivity index (χ0n) is 10.7. The zero-order chi connectivity index (χ0) is 13.0. The maximum Gasteiger partial charge on any atom is 0.123 e. The Kier molecular flexibility index (Phi) is 4.05. The fraction of sp³-hybridized carbons (Fsp3) is 0.267. The molecule has 1 aromatic heterocycles. The van der Waals surface area contributed by atoms with Crippen LogP contribution in [0.1, 0.15) is 29.7 Å². The quantitative estimate of drug-likeness (QED) is 0.893. The number of aryl methyl sites for hydroxylation is 1. The van der Waals surface area contributed by atoms with Crippen molar-refractivity contribution in [2.24, 2.45) is 0 Å². The fourth-order valence-corrected chi connectivity index (χ4v) is 2.12. The van der Waals surface area contributed by atoms with Gasteiger partial charge in [-0.05, 0) is 48.4 Å². The van der Waals surface area contributed by atoms with Crippen LogP contribution in [0.15, 0.2) is 42.7 Å². The summed E-state index contributed by atoms with van der Waals surface area (Å²) in [5, 5.41) is 3.41. The summed E-state index contributed by atoms with van der Waals surface area (Å²) < 4.78 is 13.2. The Morgan fingerprint density at radius 2 is 2.17 bits per heavy atom. The Morgan fingerprint density at radius 3 is 2.78 bits per heavy atom. The van der Waals surface area contributed by atoms with Crippen molar-refractivity contribution >= 4 is 0 Å². The number of halogens is 1. The van der Waals surface area contributed by atoms with Gasteiger partial charge >= 0.3 is 0 Å². The van der Waals surface area contributed by atoms with E-state index in [1.165, 1.54) is 6.07 Å². The molecule has 1 aromatic carbocycles. The SMILES string of the molecule is CCNC(c1cccnc1)c1ccc(F)cc1C. The largest absolute Gasteiger partial charge is 0.306 e. The molecule has 3 heteroatoms. The van der Waals surface area contributed by atoms with Crippen molar-refractivity contribution < 1.29 is 4.39 Å². The molecule has 18 heavy (non-hydrogen) atoms. The van der Waals surface area contributed by atoms with Crippen LogP contribution in [-0.4, -0.2) is 11.5 Å². The molecule has 0 bridgehead atoms. The number of nitrogens with one attached hydrogen (secondary N) is 1. The molecular formula is C15H17FN2. The Hall–Kier alpha value is -1.74. The molecule has 0 saturated heterocycles. The number of hydrogen-bond acceptors (Lipinski definition) is 2. The monoisotopic (exact) mass is 244 g/mol. The molecule has 2 aromatic rings. The van der Waals surface area contributed by atoms with Crippen LogP contribution in [0.4, 0.5) is 4.39 Å². The minimum Gasteiger partial charge on any atom is -0.306 e. The molecule has 0 aliphatic heterocycles. The molecule has 2 nitrogen and oxygen atoms in total. The van der Waals surface area contributed by atoms with Gasteiger partial charge in [-0.15, -0.1) is 0 Å². The molecule has 0 spiro atoms. The second-order valence-electron chi connectivity index (χ2n) is 4.28. The third-order valence-corrected chi connectivity index (χ3v) is 2.97. The highest BCUT2D eigenvalue weighted by Gasteiger charge is 2.15. The Balaban J connectivity index is 2.41. The minimum atomic E-state index is -0.197. The van der Waals surface area contributed by atoms with Crippen molar-refractivity contribution in [2.75, 3.05) is 6.54 Å². The molecule has 0 saturated carbocycles. The maximum atomic E-state index is 13.2. The lowest BCUT2D eigenvalue weighted by Crippen LogP contribution is -2.22. The van der Waals surface area contributed by atoms with E-state index >= 15 is 0 Å². The van der Waals surface area contributed by atoms with E-state index in [-0.39, 0.29) is 11.9 Å². The molecule has 0 fully saturated rings. The first-order valence-corrected chi connectivity index (χ1v) is 6.11. The molecular weight excluding hydrogens is 227 g/mol. The van der Waals surface area contributed by atoms with Crippen molar-refractivity contribution in [1.29, 1.82) is 0 Å². The summed E-state index contributed by atoms with van der Waals surface area (Å²) in [4.78, 5) is 4.15. The predicted molar refractivity (Wildman–Crippen MR) is 70.9 cm³/mol. The van der Waals surface area contributed by atoms with Gasteiger partial charge in [0.1, 0.15) is 5.82 Å². The summed E-state index contributed by atoms with van der Waals surface area (Å²) in [5.41, 5.74) is 3.13. The molecule has 94 valence electrons. The maximum absolute atomic E-state index is 13.2. The van der Waals surface area contributed by atoms with Crippen molar-refractivity contribution in [3.63, 3.8) is 0 Å². The van der Waals surface area contributed by atoms with Crippen LogP contribution in [-0.2, 0) is 0 Å². The highest BCUT2D eigenvalue weighted by Crippen LogP contribution is 2.24.